The molecule has 140 valence electrons. The Kier molecular flexibility index (Phi) is 7.61. The average Bonchev–Trinajstić information content (AvgIpc) is 2.69. The van der Waals surface area contributed by atoms with Gasteiger partial charge in [0.25, 0.3) is 0 Å². The van der Waals surface area contributed by atoms with Crippen LogP contribution in [0.2, 0.25) is 0 Å². The lowest BCUT2D eigenvalue weighted by Gasteiger charge is -2.19. The van der Waals surface area contributed by atoms with E-state index in [-0.39, 0.29) is 6.03 Å². The van der Waals surface area contributed by atoms with Crippen molar-refractivity contribution >= 4 is 11.7 Å². The highest BCUT2D eigenvalue weighted by molar-refractivity contribution is 5.73. The predicted molar refractivity (Wildman–Crippen MR) is 104 cm³/mol. The van der Waals surface area contributed by atoms with Gasteiger partial charge in [0.2, 0.25) is 0 Å². The third kappa shape index (κ3) is 5.88. The van der Waals surface area contributed by atoms with Crippen molar-refractivity contribution in [2.24, 2.45) is 0 Å². The minimum atomic E-state index is -0.197. The van der Waals surface area contributed by atoms with Crippen molar-refractivity contribution in [3.8, 4) is 11.5 Å². The second kappa shape index (κ2) is 10.2. The molecule has 0 atom stereocenters. The van der Waals surface area contributed by atoms with E-state index in [1.165, 1.54) is 5.69 Å². The fourth-order valence-electron chi connectivity index (χ4n) is 2.59. The van der Waals surface area contributed by atoms with E-state index < -0.39 is 0 Å². The largest absolute Gasteiger partial charge is 0.497 e. The minimum Gasteiger partial charge on any atom is -0.497 e. The molecule has 0 aliphatic carbocycles. The van der Waals surface area contributed by atoms with Gasteiger partial charge in [0.15, 0.2) is 0 Å². The van der Waals surface area contributed by atoms with Crippen LogP contribution in [0.1, 0.15) is 12.0 Å². The van der Waals surface area contributed by atoms with Gasteiger partial charge in [0.1, 0.15) is 11.5 Å². The molecular formula is C20H27N3O3. The van der Waals surface area contributed by atoms with E-state index in [0.29, 0.717) is 13.1 Å². The molecule has 0 radical (unpaired) electrons. The van der Waals surface area contributed by atoms with Crippen molar-refractivity contribution in [3.05, 3.63) is 54.1 Å². The van der Waals surface area contributed by atoms with Crippen LogP contribution in [-0.4, -0.2) is 40.4 Å². The third-order valence-corrected chi connectivity index (χ3v) is 4.08. The van der Waals surface area contributed by atoms with Crippen LogP contribution in [0.5, 0.6) is 11.5 Å². The number of nitrogens with one attached hydrogen (secondary N) is 2. The molecule has 6 heteroatoms. The molecule has 0 saturated carbocycles. The van der Waals surface area contributed by atoms with Gasteiger partial charge in [0, 0.05) is 37.9 Å². The zero-order valence-electron chi connectivity index (χ0n) is 15.6. The number of amides is 2. The molecule has 2 N–H and O–H groups in total. The number of hydrogen-bond acceptors (Lipinski definition) is 4. The number of carbonyl (C=O) groups is 1. The molecule has 6 nitrogen and oxygen atoms in total. The van der Waals surface area contributed by atoms with Crippen LogP contribution in [0, 0.1) is 0 Å². The number of anilines is 1. The molecule has 0 spiro atoms. The van der Waals surface area contributed by atoms with Gasteiger partial charge in [-0.3, -0.25) is 0 Å². The third-order valence-electron chi connectivity index (χ3n) is 4.08. The molecule has 0 saturated heterocycles. The molecule has 0 aromatic heterocycles. The molecule has 0 bridgehead atoms. The van der Waals surface area contributed by atoms with E-state index in [4.69, 9.17) is 9.47 Å². The monoisotopic (exact) mass is 357 g/mol. The number of para-hydroxylation sites is 1. The number of nitrogens with zero attached hydrogens (tertiary/aromatic N) is 1. The first-order valence-corrected chi connectivity index (χ1v) is 8.63. The topological polar surface area (TPSA) is 62.8 Å². The normalized spacial score (nSPS) is 10.1. The second-order valence-electron chi connectivity index (χ2n) is 5.90. The van der Waals surface area contributed by atoms with Crippen molar-refractivity contribution in [2.45, 2.75) is 13.0 Å². The number of methoxy groups -OCH3 is 2. The molecule has 26 heavy (non-hydrogen) atoms. The summed E-state index contributed by atoms with van der Waals surface area (Å²) in [5.74, 6) is 1.45. The van der Waals surface area contributed by atoms with E-state index in [1.54, 1.807) is 14.2 Å². The van der Waals surface area contributed by atoms with Crippen LogP contribution in [0.3, 0.4) is 0 Å². The maximum atomic E-state index is 12.0. The molecule has 2 rings (SSSR count). The highest BCUT2D eigenvalue weighted by Crippen LogP contribution is 2.23. The summed E-state index contributed by atoms with van der Waals surface area (Å²) in [5.41, 5.74) is 2.04. The molecule has 0 aliphatic rings. The Morgan fingerprint density at radius 1 is 1.04 bits per heavy atom. The summed E-state index contributed by atoms with van der Waals surface area (Å²) in [6, 6.07) is 15.5. The maximum absolute atomic E-state index is 12.0. The highest BCUT2D eigenvalue weighted by Gasteiger charge is 2.07. The van der Waals surface area contributed by atoms with E-state index >= 15 is 0 Å². The van der Waals surface area contributed by atoms with E-state index in [2.05, 4.69) is 27.7 Å². The van der Waals surface area contributed by atoms with Crippen molar-refractivity contribution < 1.29 is 14.3 Å². The van der Waals surface area contributed by atoms with Crippen LogP contribution >= 0.6 is 0 Å². The lowest BCUT2D eigenvalue weighted by molar-refractivity contribution is 0.240. The quantitative estimate of drug-likeness (QED) is 0.677. The molecule has 2 amide bonds. The summed E-state index contributed by atoms with van der Waals surface area (Å²) in [6.45, 7) is 1.85. The second-order valence-corrected chi connectivity index (χ2v) is 5.90. The Bertz CT molecular complexity index is 692. The Morgan fingerprint density at radius 2 is 1.81 bits per heavy atom. The molecule has 2 aromatic carbocycles. The summed E-state index contributed by atoms with van der Waals surface area (Å²) in [5, 5.41) is 5.72. The first kappa shape index (κ1) is 19.4. The summed E-state index contributed by atoms with van der Waals surface area (Å²) >= 11 is 0. The van der Waals surface area contributed by atoms with Crippen LogP contribution in [0.25, 0.3) is 0 Å². The van der Waals surface area contributed by atoms with Crippen molar-refractivity contribution in [1.82, 2.24) is 10.6 Å². The minimum absolute atomic E-state index is 0.197. The average molecular weight is 357 g/mol. The smallest absolute Gasteiger partial charge is 0.315 e. The first-order chi connectivity index (χ1) is 12.6. The van der Waals surface area contributed by atoms with Gasteiger partial charge in [-0.25, -0.2) is 4.79 Å². The van der Waals surface area contributed by atoms with Crippen molar-refractivity contribution in [1.29, 1.82) is 0 Å². The van der Waals surface area contributed by atoms with Crippen LogP contribution in [0.4, 0.5) is 10.5 Å². The molecule has 0 heterocycles. The number of benzene rings is 2. The van der Waals surface area contributed by atoms with Gasteiger partial charge in [-0.2, -0.15) is 0 Å². The fraction of sp³-hybridized carbons (Fsp3) is 0.350. The fourth-order valence-corrected chi connectivity index (χ4v) is 2.59. The van der Waals surface area contributed by atoms with Gasteiger partial charge < -0.3 is 25.0 Å². The maximum Gasteiger partial charge on any atom is 0.315 e. The lowest BCUT2D eigenvalue weighted by Crippen LogP contribution is -2.36. The van der Waals surface area contributed by atoms with E-state index in [0.717, 1.165) is 30.0 Å². The summed E-state index contributed by atoms with van der Waals surface area (Å²) < 4.78 is 10.5. The lowest BCUT2D eigenvalue weighted by atomic mass is 10.2. The zero-order chi connectivity index (χ0) is 18.8. The van der Waals surface area contributed by atoms with Crippen molar-refractivity contribution in [3.63, 3.8) is 0 Å². The van der Waals surface area contributed by atoms with Gasteiger partial charge in [-0.15, -0.1) is 0 Å². The molecular weight excluding hydrogens is 330 g/mol. The number of carbonyl (C=O) groups excluding carboxylic acids is 1. The Labute approximate surface area is 155 Å². The summed E-state index contributed by atoms with van der Waals surface area (Å²) in [7, 11) is 5.26. The van der Waals surface area contributed by atoms with Gasteiger partial charge in [0.05, 0.1) is 14.2 Å². The predicted octanol–water partition coefficient (Wildman–Crippen LogP) is 3.03. The number of rotatable bonds is 9. The standard InChI is InChI=1S/C20H27N3O3/c1-23(17-8-5-4-6-9-17)13-7-12-21-20(24)22-15-16-14-18(25-2)10-11-19(16)26-3/h4-6,8-11,14H,7,12-13,15H2,1-3H3,(H2,21,22,24). The molecule has 0 aliphatic heterocycles. The van der Waals surface area contributed by atoms with Crippen LogP contribution in [0.15, 0.2) is 48.5 Å². The van der Waals surface area contributed by atoms with Gasteiger partial charge in [-0.1, -0.05) is 18.2 Å². The van der Waals surface area contributed by atoms with E-state index in [9.17, 15) is 4.79 Å². The Balaban J connectivity index is 1.71. The van der Waals surface area contributed by atoms with Gasteiger partial charge >= 0.3 is 6.03 Å². The van der Waals surface area contributed by atoms with Gasteiger partial charge in [-0.05, 0) is 36.8 Å². The number of urea groups is 1. The Hall–Kier alpha value is -2.89. The van der Waals surface area contributed by atoms with Crippen molar-refractivity contribution in [2.75, 3.05) is 39.3 Å². The molecule has 0 fully saturated rings. The van der Waals surface area contributed by atoms with Crippen LogP contribution in [-0.2, 0) is 6.54 Å². The summed E-state index contributed by atoms with van der Waals surface area (Å²) in [6.07, 6.45) is 0.862. The molecule has 2 aromatic rings. The first-order valence-electron chi connectivity index (χ1n) is 8.63. The van der Waals surface area contributed by atoms with E-state index in [1.807, 2.05) is 43.4 Å². The number of ether oxygens (including phenoxy) is 2. The highest BCUT2D eigenvalue weighted by atomic mass is 16.5. The summed E-state index contributed by atoms with van der Waals surface area (Å²) in [4.78, 5) is 14.1. The number of hydrogen-bond donors (Lipinski definition) is 2. The zero-order valence-corrected chi connectivity index (χ0v) is 15.6. The SMILES string of the molecule is COc1ccc(OC)c(CNC(=O)NCCCN(C)c2ccccc2)c1. The molecule has 0 unspecified atom stereocenters. The van der Waals surface area contributed by atoms with Crippen LogP contribution < -0.4 is 25.0 Å². The Morgan fingerprint density at radius 3 is 2.50 bits per heavy atom.